The Hall–Kier alpha value is -3.98. The fraction of sp³-hybridized carbons (Fsp3) is 0.120. The molecule has 0 unspecified atom stereocenters. The Labute approximate surface area is 203 Å². The molecule has 0 aliphatic rings. The molecule has 8 nitrogen and oxygen atoms in total. The summed E-state index contributed by atoms with van der Waals surface area (Å²) in [7, 11) is 3.04. The van der Waals surface area contributed by atoms with Crippen LogP contribution in [0.2, 0.25) is 0 Å². The first kappa shape index (κ1) is 23.2. The van der Waals surface area contributed by atoms with Crippen LogP contribution in [0.25, 0.3) is 11.0 Å². The number of para-hydroxylation sites is 1. The Bertz CT molecular complexity index is 1400. The number of carbonyl (C=O) groups is 1. The van der Waals surface area contributed by atoms with Gasteiger partial charge in [0.2, 0.25) is 11.2 Å². The van der Waals surface area contributed by atoms with Crippen molar-refractivity contribution in [2.24, 2.45) is 0 Å². The molecular weight excluding hydrogens is 506 g/mol. The van der Waals surface area contributed by atoms with E-state index in [2.05, 4.69) is 21.2 Å². The summed E-state index contributed by atoms with van der Waals surface area (Å²) in [5, 5.41) is 3.05. The highest BCUT2D eigenvalue weighted by molar-refractivity contribution is 9.10. The molecule has 1 amide bonds. The molecule has 0 atom stereocenters. The van der Waals surface area contributed by atoms with Crippen LogP contribution >= 0.6 is 15.9 Å². The molecule has 1 N–H and O–H groups in total. The van der Waals surface area contributed by atoms with E-state index in [9.17, 15) is 9.59 Å². The number of rotatable bonds is 8. The number of nitrogens with one attached hydrogen (secondary N) is 1. The fourth-order valence-electron chi connectivity index (χ4n) is 3.14. The first-order valence-corrected chi connectivity index (χ1v) is 10.9. The maximum absolute atomic E-state index is 12.8. The minimum atomic E-state index is -0.398. The van der Waals surface area contributed by atoms with Gasteiger partial charge in [-0.2, -0.15) is 0 Å². The van der Waals surface area contributed by atoms with E-state index >= 15 is 0 Å². The second-order valence-electron chi connectivity index (χ2n) is 7.02. The number of carbonyl (C=O) groups excluding carboxylic acids is 1. The van der Waals surface area contributed by atoms with E-state index in [4.69, 9.17) is 23.4 Å². The maximum atomic E-state index is 12.8. The van der Waals surface area contributed by atoms with Gasteiger partial charge in [0.15, 0.2) is 6.61 Å². The Balaban J connectivity index is 1.46. The van der Waals surface area contributed by atoms with Crippen LogP contribution in [-0.2, 0) is 4.79 Å². The van der Waals surface area contributed by atoms with E-state index in [1.165, 1.54) is 20.5 Å². The molecule has 34 heavy (non-hydrogen) atoms. The van der Waals surface area contributed by atoms with E-state index in [-0.39, 0.29) is 17.8 Å². The molecule has 0 fully saturated rings. The van der Waals surface area contributed by atoms with E-state index in [0.29, 0.717) is 44.1 Å². The van der Waals surface area contributed by atoms with E-state index < -0.39 is 5.91 Å². The Kier molecular flexibility index (Phi) is 7.03. The molecular formula is C25H20BrNO7. The second-order valence-corrected chi connectivity index (χ2v) is 7.88. The highest BCUT2D eigenvalue weighted by Gasteiger charge is 2.13. The maximum Gasteiger partial charge on any atom is 0.262 e. The van der Waals surface area contributed by atoms with Crippen LogP contribution in [-0.4, -0.2) is 26.7 Å². The van der Waals surface area contributed by atoms with Gasteiger partial charge in [-0.05, 0) is 52.3 Å². The number of hydrogen-bond donors (Lipinski definition) is 1. The minimum absolute atomic E-state index is 0.0553. The topological polar surface area (TPSA) is 96.2 Å². The number of fused-ring (bicyclic) bond motifs is 1. The van der Waals surface area contributed by atoms with Crippen molar-refractivity contribution in [1.29, 1.82) is 0 Å². The lowest BCUT2D eigenvalue weighted by molar-refractivity contribution is -0.118. The lowest BCUT2D eigenvalue weighted by atomic mass is 10.2. The molecule has 0 radical (unpaired) electrons. The highest BCUT2D eigenvalue weighted by Crippen LogP contribution is 2.30. The standard InChI is InChI=1S/C25H20BrNO7/c1-30-15-8-10-21(31-2)19(11-15)27-24(28)14-32-16-7-9-17-22(12-16)33-13-23(25(17)29)34-20-6-4-3-5-18(20)26/h3-13H,14H2,1-2H3,(H,27,28). The Morgan fingerprint density at radius 1 is 0.941 bits per heavy atom. The Morgan fingerprint density at radius 3 is 2.50 bits per heavy atom. The third-order valence-corrected chi connectivity index (χ3v) is 5.48. The first-order chi connectivity index (χ1) is 16.5. The monoisotopic (exact) mass is 525 g/mol. The van der Waals surface area contributed by atoms with Gasteiger partial charge in [-0.1, -0.05) is 12.1 Å². The van der Waals surface area contributed by atoms with E-state index in [1.807, 2.05) is 12.1 Å². The molecule has 0 saturated heterocycles. The van der Waals surface area contributed by atoms with Gasteiger partial charge in [0, 0.05) is 12.1 Å². The van der Waals surface area contributed by atoms with Gasteiger partial charge < -0.3 is 28.7 Å². The molecule has 3 aromatic carbocycles. The molecule has 1 heterocycles. The number of benzene rings is 3. The summed E-state index contributed by atoms with van der Waals surface area (Å²) in [6, 6.07) is 16.9. The van der Waals surface area contributed by atoms with Crippen LogP contribution in [0.15, 0.2) is 80.6 Å². The van der Waals surface area contributed by atoms with Crippen molar-refractivity contribution in [1.82, 2.24) is 0 Å². The highest BCUT2D eigenvalue weighted by atomic mass is 79.9. The third-order valence-electron chi connectivity index (χ3n) is 4.82. The van der Waals surface area contributed by atoms with Gasteiger partial charge in [0.25, 0.3) is 5.91 Å². The molecule has 0 spiro atoms. The van der Waals surface area contributed by atoms with Gasteiger partial charge in [-0.25, -0.2) is 0 Å². The van der Waals surface area contributed by atoms with Gasteiger partial charge >= 0.3 is 0 Å². The predicted octanol–water partition coefficient (Wildman–Crippen LogP) is 5.38. The van der Waals surface area contributed by atoms with Crippen LogP contribution in [0, 0.1) is 0 Å². The summed E-state index contributed by atoms with van der Waals surface area (Å²) >= 11 is 3.38. The van der Waals surface area contributed by atoms with Gasteiger partial charge in [-0.15, -0.1) is 0 Å². The number of halogens is 1. The van der Waals surface area contributed by atoms with Crippen molar-refractivity contribution in [3.8, 4) is 28.7 Å². The quantitative estimate of drug-likeness (QED) is 0.329. The van der Waals surface area contributed by atoms with Gasteiger partial charge in [-0.3, -0.25) is 9.59 Å². The number of methoxy groups -OCH3 is 2. The average Bonchev–Trinajstić information content (AvgIpc) is 2.85. The average molecular weight is 526 g/mol. The minimum Gasteiger partial charge on any atom is -0.497 e. The van der Waals surface area contributed by atoms with Crippen LogP contribution in [0.4, 0.5) is 5.69 Å². The molecule has 4 aromatic rings. The second kappa shape index (κ2) is 10.3. The van der Waals surface area contributed by atoms with E-state index in [0.717, 1.165) is 0 Å². The van der Waals surface area contributed by atoms with Crippen LogP contribution in [0.5, 0.6) is 28.7 Å². The normalized spacial score (nSPS) is 10.6. The van der Waals surface area contributed by atoms with Gasteiger partial charge in [0.05, 0.1) is 29.8 Å². The molecule has 174 valence electrons. The largest absolute Gasteiger partial charge is 0.497 e. The number of ether oxygens (including phenoxy) is 4. The zero-order valence-electron chi connectivity index (χ0n) is 18.3. The summed E-state index contributed by atoms with van der Waals surface area (Å²) in [6.45, 7) is -0.265. The summed E-state index contributed by atoms with van der Waals surface area (Å²) in [6.07, 6.45) is 1.25. The summed E-state index contributed by atoms with van der Waals surface area (Å²) in [4.78, 5) is 25.2. The smallest absolute Gasteiger partial charge is 0.262 e. The van der Waals surface area contributed by atoms with Crippen LogP contribution in [0.1, 0.15) is 0 Å². The van der Waals surface area contributed by atoms with Crippen molar-refractivity contribution < 1.29 is 28.2 Å². The SMILES string of the molecule is COc1ccc(OC)c(NC(=O)COc2ccc3c(=O)c(Oc4ccccc4Br)coc3c2)c1. The molecule has 0 saturated carbocycles. The third kappa shape index (κ3) is 5.15. The van der Waals surface area contributed by atoms with Crippen LogP contribution < -0.4 is 29.7 Å². The lowest BCUT2D eigenvalue weighted by Gasteiger charge is -2.12. The van der Waals surface area contributed by atoms with Crippen molar-refractivity contribution in [2.75, 3.05) is 26.1 Å². The molecule has 0 aliphatic carbocycles. The Morgan fingerprint density at radius 2 is 1.74 bits per heavy atom. The summed E-state index contributed by atoms with van der Waals surface area (Å²) in [5.41, 5.74) is 0.431. The number of hydrogen-bond acceptors (Lipinski definition) is 7. The molecule has 0 aliphatic heterocycles. The van der Waals surface area contributed by atoms with Crippen molar-refractivity contribution in [3.63, 3.8) is 0 Å². The zero-order valence-corrected chi connectivity index (χ0v) is 19.9. The molecule has 4 rings (SSSR count). The van der Waals surface area contributed by atoms with Crippen molar-refractivity contribution in [2.45, 2.75) is 0 Å². The van der Waals surface area contributed by atoms with Crippen molar-refractivity contribution in [3.05, 3.63) is 81.6 Å². The van der Waals surface area contributed by atoms with Gasteiger partial charge in [0.1, 0.15) is 34.8 Å². The number of amides is 1. The zero-order chi connectivity index (χ0) is 24.1. The summed E-state index contributed by atoms with van der Waals surface area (Å²) in [5.74, 6) is 1.58. The molecule has 0 bridgehead atoms. The summed E-state index contributed by atoms with van der Waals surface area (Å²) < 4.78 is 28.0. The lowest BCUT2D eigenvalue weighted by Crippen LogP contribution is -2.20. The molecule has 9 heteroatoms. The molecule has 1 aromatic heterocycles. The van der Waals surface area contributed by atoms with Crippen molar-refractivity contribution >= 4 is 38.5 Å². The first-order valence-electron chi connectivity index (χ1n) is 10.1. The van der Waals surface area contributed by atoms with Crippen LogP contribution in [0.3, 0.4) is 0 Å². The number of anilines is 1. The predicted molar refractivity (Wildman–Crippen MR) is 130 cm³/mol. The van der Waals surface area contributed by atoms with E-state index in [1.54, 1.807) is 48.5 Å². The fourth-order valence-corrected chi connectivity index (χ4v) is 3.51.